The minimum Gasteiger partial charge on any atom is -0.309 e. The molecule has 4 heterocycles. The first-order chi connectivity index (χ1) is 33.2. The smallest absolute Gasteiger partial charge is 0.160 e. The summed E-state index contributed by atoms with van der Waals surface area (Å²) in [6, 6.07) is 79.9. The summed E-state index contributed by atoms with van der Waals surface area (Å²) in [4.78, 5) is 10.5. The third-order valence-electron chi connectivity index (χ3n) is 14.0. The van der Waals surface area contributed by atoms with Crippen molar-refractivity contribution in [2.75, 3.05) is 0 Å². The van der Waals surface area contributed by atoms with Crippen molar-refractivity contribution in [1.29, 1.82) is 0 Å². The molecule has 0 saturated carbocycles. The van der Waals surface area contributed by atoms with Gasteiger partial charge in [-0.25, -0.2) is 9.97 Å². The maximum atomic E-state index is 5.34. The lowest BCUT2D eigenvalue weighted by molar-refractivity contribution is 1.18. The summed E-state index contributed by atoms with van der Waals surface area (Å²) in [5, 5.41) is 15.8. The van der Waals surface area contributed by atoms with Gasteiger partial charge in [-0.3, -0.25) is 0 Å². The molecule has 15 aromatic rings. The summed E-state index contributed by atoms with van der Waals surface area (Å²) in [5.74, 6) is 0.732. The molecule has 4 aromatic heterocycles. The van der Waals surface area contributed by atoms with Crippen molar-refractivity contribution in [3.05, 3.63) is 218 Å². The fourth-order valence-electron chi connectivity index (χ4n) is 10.9. The fourth-order valence-corrected chi connectivity index (χ4v) is 12.0. The van der Waals surface area contributed by atoms with Crippen LogP contribution in [0.2, 0.25) is 0 Å². The van der Waals surface area contributed by atoms with Gasteiger partial charge in [-0.2, -0.15) is 0 Å². The first kappa shape index (κ1) is 36.7. The Kier molecular flexibility index (Phi) is 7.63. The second-order valence-electron chi connectivity index (χ2n) is 17.8. The number of hydrogen-bond donors (Lipinski definition) is 0. The van der Waals surface area contributed by atoms with E-state index < -0.39 is 0 Å². The van der Waals surface area contributed by atoms with Crippen molar-refractivity contribution in [3.63, 3.8) is 0 Å². The van der Waals surface area contributed by atoms with E-state index in [9.17, 15) is 0 Å². The van der Waals surface area contributed by atoms with Crippen LogP contribution in [-0.4, -0.2) is 19.1 Å². The van der Waals surface area contributed by atoms with Crippen LogP contribution < -0.4 is 0 Å². The molecule has 0 spiro atoms. The maximum absolute atomic E-state index is 5.34. The van der Waals surface area contributed by atoms with E-state index in [1.54, 1.807) is 0 Å². The zero-order valence-corrected chi connectivity index (χ0v) is 36.8. The predicted octanol–water partition coefficient (Wildman–Crippen LogP) is 17.0. The molecule has 0 unspecified atom stereocenters. The SMILES string of the molecule is c1ccc2cc3c(cc2c1)c1ccccc1n3-c1ccc2cc3c(cc2c1)c1ccccc1n3-c1ccc2ccc(-c3nc(-c4ccc5c(c4)sc4ccccc45)nc4ccccc34)cc2c1. The molecule has 0 saturated heterocycles. The van der Waals surface area contributed by atoms with Crippen molar-refractivity contribution in [2.24, 2.45) is 0 Å². The average molecular weight is 869 g/mol. The Balaban J connectivity index is 0.871. The van der Waals surface area contributed by atoms with Crippen LogP contribution in [0.1, 0.15) is 0 Å². The molecule has 0 N–H and O–H groups in total. The van der Waals surface area contributed by atoms with E-state index in [1.165, 1.54) is 90.7 Å². The van der Waals surface area contributed by atoms with Gasteiger partial charge in [0.25, 0.3) is 0 Å². The minimum atomic E-state index is 0.732. The van der Waals surface area contributed by atoms with Gasteiger partial charge in [0, 0.05) is 69.6 Å². The first-order valence-electron chi connectivity index (χ1n) is 22.8. The Labute approximate surface area is 387 Å². The minimum absolute atomic E-state index is 0.732. The van der Waals surface area contributed by atoms with Crippen LogP contribution in [0.5, 0.6) is 0 Å². The molecule has 4 nitrogen and oxygen atoms in total. The van der Waals surface area contributed by atoms with Gasteiger partial charge in [0.2, 0.25) is 0 Å². The van der Waals surface area contributed by atoms with Crippen LogP contribution in [0.15, 0.2) is 218 Å². The molecule has 0 aliphatic heterocycles. The maximum Gasteiger partial charge on any atom is 0.160 e. The van der Waals surface area contributed by atoms with Crippen molar-refractivity contribution in [1.82, 2.24) is 19.1 Å². The molecular weight excluding hydrogens is 833 g/mol. The van der Waals surface area contributed by atoms with Crippen molar-refractivity contribution < 1.29 is 0 Å². The largest absolute Gasteiger partial charge is 0.309 e. The quantitative estimate of drug-likeness (QED) is 0.177. The highest BCUT2D eigenvalue weighted by Crippen LogP contribution is 2.41. The highest BCUT2D eigenvalue weighted by Gasteiger charge is 2.18. The van der Waals surface area contributed by atoms with Gasteiger partial charge < -0.3 is 9.13 Å². The fraction of sp³-hybridized carbons (Fsp3) is 0. The molecule has 0 aliphatic rings. The Morgan fingerprint density at radius 1 is 0.299 bits per heavy atom. The number of hydrogen-bond acceptors (Lipinski definition) is 3. The summed E-state index contributed by atoms with van der Waals surface area (Å²) in [7, 11) is 0. The normalized spacial score (nSPS) is 12.2. The van der Waals surface area contributed by atoms with E-state index in [1.807, 2.05) is 11.3 Å². The number of para-hydroxylation sites is 3. The van der Waals surface area contributed by atoms with E-state index in [4.69, 9.17) is 9.97 Å². The van der Waals surface area contributed by atoms with Crippen LogP contribution in [0, 0.1) is 0 Å². The second-order valence-corrected chi connectivity index (χ2v) is 18.9. The Hall–Kier alpha value is -8.64. The van der Waals surface area contributed by atoms with Crippen LogP contribution in [0.25, 0.3) is 141 Å². The summed E-state index contributed by atoms with van der Waals surface area (Å²) < 4.78 is 7.40. The number of rotatable bonds is 4. The standard InChI is InChI=1S/C62H36N4S/c1-2-12-39-34-57-52(32-38(39)11-1)47-13-4-8-18-55(47)66(57)46-27-24-40-35-58-53(33-44(40)31-46)48-14-5-9-19-56(48)65(58)45-26-23-37-21-22-41(29-43(37)30-45)61-51-16-3-7-17-54(51)63-62(64-61)42-25-28-50-49-15-6-10-20-59(49)67-60(50)36-42/h1-36H. The van der Waals surface area contributed by atoms with Gasteiger partial charge >= 0.3 is 0 Å². The van der Waals surface area contributed by atoms with Gasteiger partial charge in [-0.1, -0.05) is 133 Å². The lowest BCUT2D eigenvalue weighted by Crippen LogP contribution is -1.96. The molecule has 310 valence electrons. The average Bonchev–Trinajstić information content (AvgIpc) is 4.03. The number of aromatic nitrogens is 4. The molecule has 67 heavy (non-hydrogen) atoms. The van der Waals surface area contributed by atoms with E-state index in [-0.39, 0.29) is 0 Å². The molecule has 0 fully saturated rings. The number of fused-ring (bicyclic) bond motifs is 13. The summed E-state index contributed by atoms with van der Waals surface area (Å²) >= 11 is 1.82. The van der Waals surface area contributed by atoms with Gasteiger partial charge in [-0.05, 0) is 117 Å². The molecular formula is C62H36N4S. The lowest BCUT2D eigenvalue weighted by Gasteiger charge is -2.13. The second kappa shape index (κ2) is 13.9. The Bertz CT molecular complexity index is 4590. The topological polar surface area (TPSA) is 35.6 Å². The highest BCUT2D eigenvalue weighted by molar-refractivity contribution is 7.25. The van der Waals surface area contributed by atoms with Crippen molar-refractivity contribution >= 4 is 118 Å². The summed E-state index contributed by atoms with van der Waals surface area (Å²) in [5.41, 5.74) is 11.0. The monoisotopic (exact) mass is 868 g/mol. The van der Waals surface area contributed by atoms with Crippen LogP contribution in [0.4, 0.5) is 0 Å². The Morgan fingerprint density at radius 2 is 0.836 bits per heavy atom. The van der Waals surface area contributed by atoms with E-state index in [0.717, 1.165) is 50.3 Å². The molecule has 0 bridgehead atoms. The molecule has 0 aliphatic carbocycles. The zero-order valence-electron chi connectivity index (χ0n) is 36.0. The van der Waals surface area contributed by atoms with E-state index in [2.05, 4.69) is 228 Å². The number of nitrogens with zero attached hydrogens (tertiary/aromatic N) is 4. The molecule has 0 atom stereocenters. The summed E-state index contributed by atoms with van der Waals surface area (Å²) in [6.45, 7) is 0. The lowest BCUT2D eigenvalue weighted by atomic mass is 10.0. The molecule has 5 heteroatoms. The highest BCUT2D eigenvalue weighted by atomic mass is 32.1. The van der Waals surface area contributed by atoms with Crippen molar-refractivity contribution in [2.45, 2.75) is 0 Å². The molecule has 11 aromatic carbocycles. The number of benzene rings is 11. The van der Waals surface area contributed by atoms with Crippen molar-refractivity contribution in [3.8, 4) is 34.0 Å². The molecule has 0 radical (unpaired) electrons. The van der Waals surface area contributed by atoms with Gasteiger partial charge in [0.15, 0.2) is 5.82 Å². The van der Waals surface area contributed by atoms with Gasteiger partial charge in [0.05, 0.1) is 33.3 Å². The van der Waals surface area contributed by atoms with Gasteiger partial charge in [-0.15, -0.1) is 11.3 Å². The number of thiophene rings is 1. The molecule has 0 amide bonds. The third-order valence-corrected chi connectivity index (χ3v) is 15.1. The summed E-state index contributed by atoms with van der Waals surface area (Å²) in [6.07, 6.45) is 0. The van der Waals surface area contributed by atoms with Gasteiger partial charge in [0.1, 0.15) is 0 Å². The van der Waals surface area contributed by atoms with E-state index >= 15 is 0 Å². The first-order valence-corrected chi connectivity index (χ1v) is 23.6. The van der Waals surface area contributed by atoms with Crippen LogP contribution in [0.3, 0.4) is 0 Å². The molecule has 15 rings (SSSR count). The zero-order chi connectivity index (χ0) is 43.7. The van der Waals surface area contributed by atoms with Crippen LogP contribution >= 0.6 is 11.3 Å². The predicted molar refractivity (Wildman–Crippen MR) is 284 cm³/mol. The Morgan fingerprint density at radius 3 is 1.58 bits per heavy atom. The van der Waals surface area contributed by atoms with Crippen LogP contribution in [-0.2, 0) is 0 Å². The third kappa shape index (κ3) is 5.53. The van der Waals surface area contributed by atoms with E-state index in [0.29, 0.717) is 0 Å².